The van der Waals surface area contributed by atoms with Crippen molar-refractivity contribution in [3.05, 3.63) is 46.3 Å². The number of ether oxygens (including phenoxy) is 4. The van der Waals surface area contributed by atoms with E-state index in [0.717, 1.165) is 5.75 Å². The maximum absolute atomic E-state index is 13.8. The van der Waals surface area contributed by atoms with Crippen molar-refractivity contribution in [2.45, 2.75) is 33.1 Å². The van der Waals surface area contributed by atoms with Crippen molar-refractivity contribution in [3.63, 3.8) is 0 Å². The minimum absolute atomic E-state index is 0.248. The molecule has 3 atom stereocenters. The Hall–Kier alpha value is -2.94. The van der Waals surface area contributed by atoms with E-state index in [2.05, 4.69) is 5.32 Å². The van der Waals surface area contributed by atoms with Gasteiger partial charge in [0.05, 0.1) is 32.8 Å². The van der Waals surface area contributed by atoms with Crippen molar-refractivity contribution in [3.8, 4) is 11.5 Å². The fraction of sp³-hybridized carbons (Fsp3) is 0.500. The van der Waals surface area contributed by atoms with Crippen LogP contribution in [0.3, 0.4) is 0 Å². The molecule has 1 aromatic carbocycles. The zero-order chi connectivity index (χ0) is 25.7. The van der Waals surface area contributed by atoms with Crippen molar-refractivity contribution in [2.75, 3.05) is 39.4 Å². The number of rotatable bonds is 9. The Bertz CT molecular complexity index is 1060. The van der Waals surface area contributed by atoms with E-state index < -0.39 is 23.8 Å². The molecule has 0 saturated carbocycles. The van der Waals surface area contributed by atoms with Gasteiger partial charge < -0.3 is 24.3 Å². The smallest absolute Gasteiger partial charge is 0.336 e. The second kappa shape index (κ2) is 11.7. The van der Waals surface area contributed by atoms with Gasteiger partial charge in [-0.05, 0) is 43.2 Å². The molecule has 0 unspecified atom stereocenters. The van der Waals surface area contributed by atoms with Gasteiger partial charge in [0.25, 0.3) is 0 Å². The molecule has 1 aliphatic heterocycles. The van der Waals surface area contributed by atoms with E-state index >= 15 is 0 Å². The van der Waals surface area contributed by atoms with E-state index in [1.165, 1.54) is 14.2 Å². The normalized spacial score (nSPS) is 21.8. The molecule has 1 N–H and O–H groups in total. The molecule has 3 rings (SSSR count). The third-order valence-electron chi connectivity index (χ3n) is 6.38. The zero-order valence-electron chi connectivity index (χ0n) is 21.1. The van der Waals surface area contributed by atoms with E-state index in [0.29, 0.717) is 51.8 Å². The van der Waals surface area contributed by atoms with Crippen molar-refractivity contribution >= 4 is 29.5 Å². The van der Waals surface area contributed by atoms with Gasteiger partial charge >= 0.3 is 11.9 Å². The Kier molecular flexibility index (Phi) is 8.88. The average Bonchev–Trinajstić information content (AvgIpc) is 2.84. The summed E-state index contributed by atoms with van der Waals surface area (Å²) in [5, 5.41) is 3.26. The molecule has 1 aliphatic carbocycles. The fourth-order valence-electron chi connectivity index (χ4n) is 4.74. The summed E-state index contributed by atoms with van der Waals surface area (Å²) in [5.74, 6) is -0.865. The Morgan fingerprint density at radius 1 is 1.17 bits per heavy atom. The molecule has 1 aromatic rings. The second-order valence-corrected chi connectivity index (χ2v) is 9.87. The van der Waals surface area contributed by atoms with Gasteiger partial charge in [0, 0.05) is 28.3 Å². The van der Waals surface area contributed by atoms with Crippen LogP contribution in [0.15, 0.2) is 40.7 Å². The van der Waals surface area contributed by atoms with Crippen LogP contribution >= 0.6 is 11.8 Å². The number of hydrogen-bond acceptors (Lipinski definition) is 9. The molecule has 8 nitrogen and oxygen atoms in total. The number of thioether (sulfide) groups is 1. The zero-order valence-corrected chi connectivity index (χ0v) is 21.9. The Labute approximate surface area is 210 Å². The van der Waals surface area contributed by atoms with Crippen LogP contribution in [0.2, 0.25) is 0 Å². The minimum Gasteiger partial charge on any atom is -0.497 e. The van der Waals surface area contributed by atoms with Crippen LogP contribution in [0.5, 0.6) is 11.5 Å². The minimum atomic E-state index is -0.962. The van der Waals surface area contributed by atoms with Crippen molar-refractivity contribution in [1.29, 1.82) is 0 Å². The highest BCUT2D eigenvalue weighted by Gasteiger charge is 2.48. The van der Waals surface area contributed by atoms with Crippen molar-refractivity contribution < 1.29 is 33.3 Å². The van der Waals surface area contributed by atoms with Gasteiger partial charge in [-0.25, -0.2) is 4.79 Å². The quantitative estimate of drug-likeness (QED) is 0.308. The summed E-state index contributed by atoms with van der Waals surface area (Å²) in [6.07, 6.45) is 0.455. The predicted molar refractivity (Wildman–Crippen MR) is 133 cm³/mol. The predicted octanol–water partition coefficient (Wildman–Crippen LogP) is 3.61. The topological polar surface area (TPSA) is 100 Å². The van der Waals surface area contributed by atoms with Crippen molar-refractivity contribution in [2.24, 2.45) is 11.8 Å². The number of benzene rings is 1. The maximum atomic E-state index is 13.8. The number of methoxy groups -OCH3 is 3. The first kappa shape index (κ1) is 26.7. The number of ketones is 1. The molecule has 190 valence electrons. The summed E-state index contributed by atoms with van der Waals surface area (Å²) in [7, 11) is 4.34. The van der Waals surface area contributed by atoms with Crippen LogP contribution in [0.1, 0.15) is 38.7 Å². The standard InChI is InChI=1S/C26H33NO7S/c1-7-35-11-10-34-26(30)21-15(3)27-18-12-14(2)20(25(29)33-6)24(28)23(18)22(21)17-13-16(31-4)8-9-19(17)32-5/h8-9,13-14,20,22,27H,7,10-12H2,1-6H3/t14-,20+,22+/m1/s1. The summed E-state index contributed by atoms with van der Waals surface area (Å²) in [4.78, 5) is 39.8. The molecule has 0 fully saturated rings. The summed E-state index contributed by atoms with van der Waals surface area (Å²) in [6.45, 7) is 5.93. The Morgan fingerprint density at radius 3 is 2.54 bits per heavy atom. The Balaban J connectivity index is 2.17. The van der Waals surface area contributed by atoms with Crippen LogP contribution < -0.4 is 14.8 Å². The second-order valence-electron chi connectivity index (χ2n) is 8.48. The largest absolute Gasteiger partial charge is 0.497 e. The van der Waals surface area contributed by atoms with Crippen LogP contribution in [0.25, 0.3) is 0 Å². The number of nitrogens with one attached hydrogen (secondary N) is 1. The van der Waals surface area contributed by atoms with Gasteiger partial charge in [-0.1, -0.05) is 13.8 Å². The van der Waals surface area contributed by atoms with E-state index in [1.54, 1.807) is 44.0 Å². The summed E-state index contributed by atoms with van der Waals surface area (Å²) >= 11 is 1.67. The molecule has 0 radical (unpaired) electrons. The highest BCUT2D eigenvalue weighted by Crippen LogP contribution is 2.48. The van der Waals surface area contributed by atoms with Crippen LogP contribution in [0, 0.1) is 11.8 Å². The molecule has 0 bridgehead atoms. The summed E-state index contributed by atoms with van der Waals surface area (Å²) in [5.41, 5.74) is 2.53. The molecular weight excluding hydrogens is 470 g/mol. The molecule has 0 amide bonds. The third-order valence-corrected chi connectivity index (χ3v) is 7.24. The summed E-state index contributed by atoms with van der Waals surface area (Å²) < 4.78 is 21.6. The average molecular weight is 504 g/mol. The van der Waals surface area contributed by atoms with E-state index in [9.17, 15) is 14.4 Å². The molecular formula is C26H33NO7S. The number of carbonyl (C=O) groups is 3. The SMILES string of the molecule is CCSCCOC(=O)C1=C(C)NC2=C(C(=O)[C@@H](C(=O)OC)[C@H](C)C2)[C@H]1c1cc(OC)ccc1OC. The molecule has 0 spiro atoms. The van der Waals surface area contributed by atoms with Gasteiger partial charge in [0.1, 0.15) is 24.0 Å². The molecule has 9 heteroatoms. The number of Topliss-reactive ketones (excluding diaryl/α,β-unsaturated/α-hetero) is 1. The van der Waals surface area contributed by atoms with Gasteiger partial charge in [-0.15, -0.1) is 0 Å². The van der Waals surface area contributed by atoms with Crippen LogP contribution in [0.4, 0.5) is 0 Å². The first-order valence-electron chi connectivity index (χ1n) is 11.6. The van der Waals surface area contributed by atoms with Crippen LogP contribution in [-0.4, -0.2) is 57.2 Å². The van der Waals surface area contributed by atoms with E-state index in [1.807, 2.05) is 13.8 Å². The molecule has 2 aliphatic rings. The monoisotopic (exact) mass is 503 g/mol. The highest BCUT2D eigenvalue weighted by molar-refractivity contribution is 7.99. The highest BCUT2D eigenvalue weighted by atomic mass is 32.2. The molecule has 35 heavy (non-hydrogen) atoms. The van der Waals surface area contributed by atoms with Gasteiger partial charge in [0.15, 0.2) is 5.78 Å². The first-order valence-corrected chi connectivity index (χ1v) is 12.7. The summed E-state index contributed by atoms with van der Waals surface area (Å²) in [6, 6.07) is 5.24. The van der Waals surface area contributed by atoms with Crippen molar-refractivity contribution in [1.82, 2.24) is 5.32 Å². The lowest BCUT2D eigenvalue weighted by molar-refractivity contribution is -0.151. The number of carbonyl (C=O) groups excluding carboxylic acids is 3. The number of esters is 2. The lowest BCUT2D eigenvalue weighted by Gasteiger charge is -2.38. The lowest BCUT2D eigenvalue weighted by atomic mass is 9.69. The number of allylic oxidation sites excluding steroid dienone is 3. The first-order chi connectivity index (χ1) is 16.8. The third kappa shape index (κ3) is 5.34. The molecule has 0 aromatic heterocycles. The van der Waals surface area contributed by atoms with Gasteiger partial charge in [-0.2, -0.15) is 11.8 Å². The molecule has 0 saturated heterocycles. The number of hydrogen-bond donors (Lipinski definition) is 1. The van der Waals surface area contributed by atoms with E-state index in [-0.39, 0.29) is 18.3 Å². The fourth-order valence-corrected chi connectivity index (χ4v) is 5.23. The molecule has 1 heterocycles. The van der Waals surface area contributed by atoms with Gasteiger partial charge in [-0.3, -0.25) is 9.59 Å². The number of dihydropyridines is 1. The Morgan fingerprint density at radius 2 is 1.91 bits per heavy atom. The van der Waals surface area contributed by atoms with E-state index in [4.69, 9.17) is 18.9 Å². The maximum Gasteiger partial charge on any atom is 0.336 e. The van der Waals surface area contributed by atoms with Gasteiger partial charge in [0.2, 0.25) is 0 Å². The lowest BCUT2D eigenvalue weighted by Crippen LogP contribution is -2.43. The van der Waals surface area contributed by atoms with Crippen LogP contribution in [-0.2, 0) is 23.9 Å².